The predicted molar refractivity (Wildman–Crippen MR) is 495 cm³/mol. The van der Waals surface area contributed by atoms with Gasteiger partial charge in [-0.1, -0.05) is 132 Å². The average molecular weight is 1680 g/mol. The van der Waals surface area contributed by atoms with Gasteiger partial charge in [0.2, 0.25) is 0 Å². The van der Waals surface area contributed by atoms with Crippen LogP contribution in [0.5, 0.6) is 46.0 Å². The third-order valence-corrected chi connectivity index (χ3v) is 37.0. The summed E-state index contributed by atoms with van der Waals surface area (Å²) in [5, 5.41) is 0. The number of benzene rings is 4. The van der Waals surface area contributed by atoms with E-state index in [1.807, 2.05) is 0 Å². The van der Waals surface area contributed by atoms with Crippen LogP contribution in [0, 0.1) is 0 Å². The maximum absolute atomic E-state index is 7.29. The van der Waals surface area contributed by atoms with Gasteiger partial charge in [0.1, 0.15) is 0 Å². The minimum atomic E-state index is -4.94. The van der Waals surface area contributed by atoms with Crippen LogP contribution in [0.3, 0.4) is 0 Å². The summed E-state index contributed by atoms with van der Waals surface area (Å²) in [6.07, 6.45) is 79.8. The Morgan fingerprint density at radius 3 is 0.389 bits per heavy atom. The summed E-state index contributed by atoms with van der Waals surface area (Å²) in [7, 11) is 0. The summed E-state index contributed by atoms with van der Waals surface area (Å²) < 4.78 is 62.4. The van der Waals surface area contributed by atoms with Crippen molar-refractivity contribution >= 4 is 32.7 Å². The molecule has 0 aromatic heterocycles. The van der Waals surface area contributed by atoms with Crippen LogP contribution < -0.4 is 52.2 Å². The van der Waals surface area contributed by atoms with Gasteiger partial charge in [0.25, 0.3) is 0 Å². The molecule has 4 aromatic rings. The summed E-state index contributed by atoms with van der Waals surface area (Å²) in [5.74, 6) is 6.74. The van der Waals surface area contributed by atoms with Crippen LogP contribution in [-0.4, -0.2) is 71.2 Å². The molecule has 4 rings (SSSR count). The van der Waals surface area contributed by atoms with Crippen molar-refractivity contribution in [1.29, 1.82) is 0 Å². The van der Waals surface area contributed by atoms with E-state index >= 15 is 0 Å². The molecule has 0 bridgehead atoms. The van der Waals surface area contributed by atoms with Crippen molar-refractivity contribution in [2.24, 2.45) is 0 Å². The molecule has 0 saturated carbocycles. The van der Waals surface area contributed by atoms with Crippen LogP contribution in [0.4, 0.5) is 0 Å². The molecule has 0 aliphatic rings. The molecule has 0 fully saturated rings. The third kappa shape index (κ3) is 47.5. The quantitative estimate of drug-likeness (QED) is 0.0320. The fourth-order valence-electron chi connectivity index (χ4n) is 16.2. The fourth-order valence-corrected chi connectivity index (χ4v) is 29.7. The summed E-state index contributed by atoms with van der Waals surface area (Å²) in [6.45, 7) is 23.7. The zero-order chi connectivity index (χ0) is 80.5. The Morgan fingerprint density at radius 1 is 0.142 bits per heavy atom. The van der Waals surface area contributed by atoms with E-state index in [9.17, 15) is 0 Å². The molecule has 0 amide bonds. The first-order valence-electron chi connectivity index (χ1n) is 49.6. The molecule has 8 nitrogen and oxygen atoms in total. The molecule has 0 spiro atoms. The first-order valence-corrected chi connectivity index (χ1v) is 55.3. The van der Waals surface area contributed by atoms with Crippen molar-refractivity contribution in [2.45, 2.75) is 466 Å². The van der Waals surface area contributed by atoms with Gasteiger partial charge in [-0.25, -0.2) is 0 Å². The Morgan fingerprint density at radius 2 is 0.257 bits per heavy atom. The molecule has 113 heavy (non-hydrogen) atoms. The van der Waals surface area contributed by atoms with Gasteiger partial charge < -0.3 is 0 Å². The zero-order valence-electron chi connectivity index (χ0n) is 75.6. The molecule has 0 N–H and O–H groups in total. The molecular formula is C104H180O8Sn. The summed E-state index contributed by atoms with van der Waals surface area (Å²) in [6, 6.07) is 28.7. The number of hydrogen-bond acceptors (Lipinski definition) is 8. The maximum atomic E-state index is 7.29. The monoisotopic (exact) mass is 1680 g/mol. The molecule has 9 heteroatoms. The number of ether oxygens (including phenoxy) is 8. The van der Waals surface area contributed by atoms with Crippen molar-refractivity contribution in [3.05, 3.63) is 72.8 Å². The second-order valence-electron chi connectivity index (χ2n) is 34.0. The molecular weight excluding hydrogens is 1500 g/mol. The van der Waals surface area contributed by atoms with Crippen LogP contribution in [0.2, 0.25) is 0 Å². The van der Waals surface area contributed by atoms with Crippen LogP contribution in [-0.2, 0) is 0 Å². The van der Waals surface area contributed by atoms with Crippen LogP contribution in [0.25, 0.3) is 0 Å². The topological polar surface area (TPSA) is 73.8 Å². The second kappa shape index (κ2) is 73.2. The van der Waals surface area contributed by atoms with E-state index in [0.717, 1.165) is 123 Å². The van der Waals surface area contributed by atoms with Gasteiger partial charge in [-0.2, -0.15) is 0 Å². The Balaban J connectivity index is 2.12. The van der Waals surface area contributed by atoms with Gasteiger partial charge in [-0.05, 0) is 0 Å². The summed E-state index contributed by atoms with van der Waals surface area (Å²) in [4.78, 5) is 0. The zero-order valence-corrected chi connectivity index (χ0v) is 78.5. The van der Waals surface area contributed by atoms with Crippen molar-refractivity contribution in [2.75, 3.05) is 52.9 Å². The predicted octanol–water partition coefficient (Wildman–Crippen LogP) is 31.2. The second-order valence-corrected chi connectivity index (χ2v) is 44.9. The van der Waals surface area contributed by atoms with Crippen LogP contribution in [0.1, 0.15) is 466 Å². The fraction of sp³-hybridized carbons (Fsp3) is 0.769. The molecule has 0 aliphatic heterocycles. The molecule has 0 aliphatic carbocycles. The number of unbranched alkanes of at least 4 members (excludes halogenated alkanes) is 56. The van der Waals surface area contributed by atoms with Gasteiger partial charge in [0, 0.05) is 0 Å². The first-order chi connectivity index (χ1) is 55.9. The van der Waals surface area contributed by atoms with Gasteiger partial charge in [0.05, 0.1) is 0 Å². The smallest absolute Gasteiger partial charge is 0.0654 e. The van der Waals surface area contributed by atoms with E-state index in [-0.39, 0.29) is 0 Å². The minimum Gasteiger partial charge on any atom is -0.0654 e. The molecule has 0 radical (unpaired) electrons. The average Bonchev–Trinajstić information content (AvgIpc) is 0.722. The Bertz CT molecular complexity index is 2390. The number of hydrogen-bond donors (Lipinski definition) is 0. The molecule has 0 saturated heterocycles. The van der Waals surface area contributed by atoms with Gasteiger partial charge in [-0.15, -0.1) is 0 Å². The van der Waals surface area contributed by atoms with E-state index in [2.05, 4.69) is 128 Å². The van der Waals surface area contributed by atoms with E-state index in [0.29, 0.717) is 52.9 Å². The third-order valence-electron chi connectivity index (χ3n) is 23.6. The van der Waals surface area contributed by atoms with E-state index in [1.165, 1.54) is 348 Å². The van der Waals surface area contributed by atoms with E-state index < -0.39 is 18.4 Å². The molecule has 0 heterocycles. The van der Waals surface area contributed by atoms with Crippen LogP contribution in [0.15, 0.2) is 72.8 Å². The van der Waals surface area contributed by atoms with Gasteiger partial charge in [-0.3, -0.25) is 0 Å². The molecule has 0 atom stereocenters. The first kappa shape index (κ1) is 101. The van der Waals surface area contributed by atoms with Crippen LogP contribution >= 0.6 is 0 Å². The summed E-state index contributed by atoms with van der Waals surface area (Å²) >= 11 is -4.94. The minimum absolute atomic E-state index is 0.639. The Hall–Kier alpha value is -3.92. The van der Waals surface area contributed by atoms with Crippen molar-refractivity contribution in [3.8, 4) is 46.0 Å². The van der Waals surface area contributed by atoms with Crippen molar-refractivity contribution in [1.82, 2.24) is 0 Å². The SMILES string of the molecule is CCCCCCCCCCOc1cc[c]([Sn]([c]2ccc(OCCCCCCCCCC)c(OCCCCCCCCCC)c2)([c]2ccc(OCCCCCCCCCC)c(OCCCCCCCCCC)c2)[c]2ccc(OCCCCCCCCCC)c(OCCCCCCCCCC)c2)cc1OCCCCCCCCCC. The molecule has 0 unspecified atom stereocenters. The molecule has 648 valence electrons. The van der Waals surface area contributed by atoms with E-state index in [1.54, 1.807) is 0 Å². The Labute approximate surface area is 703 Å². The van der Waals surface area contributed by atoms with Crippen molar-refractivity contribution < 1.29 is 37.9 Å². The standard InChI is InChI=1S/4C26H45O2.Sn/c4*1-3-5-7-9-11-13-15-19-23-27-25-21-17-18-22-26(25)28-24-20-16-14-12-10-8-6-4-2;/h4*17,21-22H,3-16,19-20,23-24H2,1-2H3;. The summed E-state index contributed by atoms with van der Waals surface area (Å²) in [5.41, 5.74) is 0. The van der Waals surface area contributed by atoms with Gasteiger partial charge in [0.15, 0.2) is 0 Å². The van der Waals surface area contributed by atoms with Crippen molar-refractivity contribution in [3.63, 3.8) is 0 Å². The Kier molecular flexibility index (Phi) is 65.7. The van der Waals surface area contributed by atoms with Gasteiger partial charge >= 0.3 is 576 Å². The van der Waals surface area contributed by atoms with E-state index in [4.69, 9.17) is 37.9 Å². The number of rotatable bonds is 84. The molecule has 4 aromatic carbocycles. The normalized spacial score (nSPS) is 11.6.